The first kappa shape index (κ1) is 20.8. The zero-order valence-corrected chi connectivity index (χ0v) is 15.5. The maximum Gasteiger partial charge on any atom is 0.266 e. The molecule has 4 N–H and O–H groups in total. The molecule has 28 heavy (non-hydrogen) atoms. The molecule has 2 aromatic rings. The zero-order chi connectivity index (χ0) is 20.5. The Morgan fingerprint density at radius 2 is 1.71 bits per heavy atom. The van der Waals surface area contributed by atoms with E-state index in [1.165, 1.54) is 38.5 Å². The van der Waals surface area contributed by atoms with Crippen LogP contribution in [0.2, 0.25) is 0 Å². The van der Waals surface area contributed by atoms with Crippen LogP contribution in [0.3, 0.4) is 0 Å². The highest BCUT2D eigenvalue weighted by Gasteiger charge is 2.20. The van der Waals surface area contributed by atoms with Gasteiger partial charge in [-0.25, -0.2) is 5.48 Å². The normalized spacial score (nSPS) is 11.7. The second-order valence-electron chi connectivity index (χ2n) is 5.83. The predicted octanol–water partition coefficient (Wildman–Crippen LogP) is 1.66. The third-order valence-corrected chi connectivity index (χ3v) is 3.96. The van der Waals surface area contributed by atoms with Crippen molar-refractivity contribution in [3.8, 4) is 17.2 Å². The molecule has 8 heteroatoms. The quantitative estimate of drug-likeness (QED) is 0.311. The summed E-state index contributed by atoms with van der Waals surface area (Å²) in [4.78, 5) is 24.1. The van der Waals surface area contributed by atoms with Gasteiger partial charge in [0.15, 0.2) is 11.5 Å². The van der Waals surface area contributed by atoms with Gasteiger partial charge >= 0.3 is 0 Å². The Hall–Kier alpha value is -3.52. The van der Waals surface area contributed by atoms with Crippen LogP contribution in [0.1, 0.15) is 11.1 Å². The SMILES string of the molecule is COc1cc(/C=C/C(=O)NC(Cc2ccccc2)C(=O)NO)cc(OC)c1O. The number of carbonyl (C=O) groups excluding carboxylic acids is 2. The van der Waals surface area contributed by atoms with Crippen molar-refractivity contribution in [2.45, 2.75) is 12.5 Å². The van der Waals surface area contributed by atoms with Gasteiger partial charge in [-0.2, -0.15) is 0 Å². The number of aromatic hydroxyl groups is 1. The van der Waals surface area contributed by atoms with E-state index in [9.17, 15) is 14.7 Å². The van der Waals surface area contributed by atoms with E-state index in [1.807, 2.05) is 30.3 Å². The Morgan fingerprint density at radius 3 is 2.25 bits per heavy atom. The lowest BCUT2D eigenvalue weighted by Gasteiger charge is -2.15. The van der Waals surface area contributed by atoms with Gasteiger partial charge in [-0.15, -0.1) is 0 Å². The van der Waals surface area contributed by atoms with Crippen molar-refractivity contribution in [3.05, 3.63) is 59.7 Å². The van der Waals surface area contributed by atoms with Gasteiger partial charge in [-0.05, 0) is 29.3 Å². The van der Waals surface area contributed by atoms with Crippen LogP contribution in [0, 0.1) is 0 Å². The highest BCUT2D eigenvalue weighted by atomic mass is 16.5. The fourth-order valence-corrected chi connectivity index (χ4v) is 2.54. The number of amides is 2. The van der Waals surface area contributed by atoms with Gasteiger partial charge in [0.05, 0.1) is 14.2 Å². The minimum absolute atomic E-state index is 0.144. The molecule has 2 rings (SSSR count). The maximum atomic E-state index is 12.2. The third kappa shape index (κ3) is 5.49. The van der Waals surface area contributed by atoms with E-state index in [1.54, 1.807) is 5.48 Å². The minimum atomic E-state index is -0.951. The first-order valence-corrected chi connectivity index (χ1v) is 8.40. The smallest absolute Gasteiger partial charge is 0.266 e. The molecule has 2 amide bonds. The second kappa shape index (κ2) is 9.98. The lowest BCUT2D eigenvalue weighted by Crippen LogP contribution is -2.46. The van der Waals surface area contributed by atoms with E-state index in [4.69, 9.17) is 14.7 Å². The molecule has 148 valence electrons. The van der Waals surface area contributed by atoms with Gasteiger partial charge < -0.3 is 19.9 Å². The van der Waals surface area contributed by atoms with Crippen molar-refractivity contribution in [1.29, 1.82) is 0 Å². The third-order valence-electron chi connectivity index (χ3n) is 3.96. The van der Waals surface area contributed by atoms with E-state index in [-0.39, 0.29) is 23.7 Å². The van der Waals surface area contributed by atoms with Crippen LogP contribution in [0.25, 0.3) is 6.08 Å². The first-order chi connectivity index (χ1) is 13.5. The molecule has 8 nitrogen and oxygen atoms in total. The van der Waals surface area contributed by atoms with Crippen molar-refractivity contribution in [1.82, 2.24) is 10.8 Å². The fraction of sp³-hybridized carbons (Fsp3) is 0.200. The van der Waals surface area contributed by atoms with Crippen LogP contribution in [0.4, 0.5) is 0 Å². The molecular formula is C20H22N2O6. The Kier molecular flexibility index (Phi) is 7.41. The minimum Gasteiger partial charge on any atom is -0.502 e. The predicted molar refractivity (Wildman–Crippen MR) is 102 cm³/mol. The van der Waals surface area contributed by atoms with Gasteiger partial charge in [0, 0.05) is 12.5 Å². The Morgan fingerprint density at radius 1 is 1.11 bits per heavy atom. The summed E-state index contributed by atoms with van der Waals surface area (Å²) in [6.45, 7) is 0. The summed E-state index contributed by atoms with van der Waals surface area (Å²) >= 11 is 0. The molecule has 0 saturated carbocycles. The number of hydrogen-bond acceptors (Lipinski definition) is 6. The lowest BCUT2D eigenvalue weighted by atomic mass is 10.1. The summed E-state index contributed by atoms with van der Waals surface area (Å²) in [5.74, 6) is -1.01. The molecule has 1 atom stereocenters. The highest BCUT2D eigenvalue weighted by Crippen LogP contribution is 2.37. The summed E-state index contributed by atoms with van der Waals surface area (Å²) in [7, 11) is 2.80. The van der Waals surface area contributed by atoms with Gasteiger partial charge in [0.1, 0.15) is 6.04 Å². The van der Waals surface area contributed by atoms with Gasteiger partial charge in [0.2, 0.25) is 11.7 Å². The molecule has 0 aliphatic carbocycles. The number of hydrogen-bond donors (Lipinski definition) is 4. The molecule has 0 spiro atoms. The second-order valence-corrected chi connectivity index (χ2v) is 5.83. The van der Waals surface area contributed by atoms with Crippen LogP contribution >= 0.6 is 0 Å². The molecule has 0 saturated heterocycles. The van der Waals surface area contributed by atoms with Crippen molar-refractivity contribution in [2.24, 2.45) is 0 Å². The summed E-state index contributed by atoms with van der Waals surface area (Å²) in [5.41, 5.74) is 2.94. The number of ether oxygens (including phenoxy) is 2. The molecule has 0 aliphatic rings. The van der Waals surface area contributed by atoms with Crippen LogP contribution in [-0.4, -0.2) is 42.4 Å². The highest BCUT2D eigenvalue weighted by molar-refractivity contribution is 5.95. The Balaban J connectivity index is 2.12. The molecule has 0 heterocycles. The number of phenols is 1. The molecule has 0 bridgehead atoms. The van der Waals surface area contributed by atoms with Crippen molar-refractivity contribution >= 4 is 17.9 Å². The number of phenolic OH excluding ortho intramolecular Hbond substituents is 1. The molecule has 1 unspecified atom stereocenters. The number of methoxy groups -OCH3 is 2. The molecule has 0 fully saturated rings. The summed E-state index contributed by atoms with van der Waals surface area (Å²) in [5, 5.41) is 21.4. The van der Waals surface area contributed by atoms with E-state index in [2.05, 4.69) is 5.32 Å². The maximum absolute atomic E-state index is 12.2. The van der Waals surface area contributed by atoms with Crippen LogP contribution < -0.4 is 20.3 Å². The van der Waals surface area contributed by atoms with Crippen LogP contribution in [-0.2, 0) is 16.0 Å². The Labute approximate surface area is 162 Å². The molecular weight excluding hydrogens is 364 g/mol. The molecule has 0 aliphatic heterocycles. The summed E-state index contributed by atoms with van der Waals surface area (Å²) in [6.07, 6.45) is 2.93. The van der Waals surface area contributed by atoms with E-state index < -0.39 is 17.9 Å². The van der Waals surface area contributed by atoms with Gasteiger partial charge in [0.25, 0.3) is 5.91 Å². The molecule has 2 aromatic carbocycles. The number of nitrogens with one attached hydrogen (secondary N) is 2. The van der Waals surface area contributed by atoms with Crippen LogP contribution in [0.15, 0.2) is 48.5 Å². The zero-order valence-electron chi connectivity index (χ0n) is 15.5. The largest absolute Gasteiger partial charge is 0.502 e. The average Bonchev–Trinajstić information content (AvgIpc) is 2.72. The molecule has 0 aromatic heterocycles. The van der Waals surface area contributed by atoms with E-state index in [0.29, 0.717) is 5.56 Å². The summed E-state index contributed by atoms with van der Waals surface area (Å²) in [6, 6.07) is 11.2. The summed E-state index contributed by atoms with van der Waals surface area (Å²) < 4.78 is 10.1. The average molecular weight is 386 g/mol. The number of rotatable bonds is 8. The van der Waals surface area contributed by atoms with Crippen LogP contribution in [0.5, 0.6) is 17.2 Å². The lowest BCUT2D eigenvalue weighted by molar-refractivity contribution is -0.133. The van der Waals surface area contributed by atoms with E-state index >= 15 is 0 Å². The van der Waals surface area contributed by atoms with Crippen molar-refractivity contribution in [3.63, 3.8) is 0 Å². The van der Waals surface area contributed by atoms with Gasteiger partial charge in [-0.1, -0.05) is 30.3 Å². The van der Waals surface area contributed by atoms with E-state index in [0.717, 1.165) is 5.56 Å². The van der Waals surface area contributed by atoms with Gasteiger partial charge in [-0.3, -0.25) is 14.8 Å². The number of hydroxylamine groups is 1. The standard InChI is InChI=1S/C20H22N2O6/c1-27-16-11-14(12-17(28-2)19(16)24)8-9-18(23)21-15(20(25)22-26)10-13-6-4-3-5-7-13/h3-9,11-12,15,24,26H,10H2,1-2H3,(H,21,23)(H,22,25)/b9-8+. The first-order valence-electron chi connectivity index (χ1n) is 8.40. The number of carbonyl (C=O) groups is 2. The Bertz CT molecular complexity index is 826. The fourth-order valence-electron chi connectivity index (χ4n) is 2.54. The van der Waals surface area contributed by atoms with Crippen molar-refractivity contribution < 1.29 is 29.4 Å². The van der Waals surface area contributed by atoms with Crippen molar-refractivity contribution in [2.75, 3.05) is 14.2 Å². The number of benzene rings is 2. The topological polar surface area (TPSA) is 117 Å². The molecule has 0 radical (unpaired) electrons. The monoisotopic (exact) mass is 386 g/mol.